The van der Waals surface area contributed by atoms with Crippen LogP contribution >= 0.6 is 11.6 Å². The lowest BCUT2D eigenvalue weighted by molar-refractivity contribution is 0.355. The Morgan fingerprint density at radius 1 is 1.00 bits per heavy atom. The highest BCUT2D eigenvalue weighted by atomic mass is 35.5. The second-order valence-corrected chi connectivity index (χ2v) is 4.60. The van der Waals surface area contributed by atoms with Gasteiger partial charge in [0.25, 0.3) is 0 Å². The zero-order valence-corrected chi connectivity index (χ0v) is 11.8. The quantitative estimate of drug-likeness (QED) is 0.921. The number of rotatable bonds is 3. The van der Waals surface area contributed by atoms with E-state index in [0.29, 0.717) is 22.1 Å². The Labute approximate surface area is 117 Å². The standard InChI is InChI=1S/C15H15ClO3/c1-9-6-11(13(17)8-12(9)16)10-4-5-14(18-2)15(7-10)19-3/h4-8,17H,1-3H3. The summed E-state index contributed by atoms with van der Waals surface area (Å²) < 4.78 is 10.5. The average Bonchev–Trinajstić information content (AvgIpc) is 2.42. The van der Waals surface area contributed by atoms with E-state index < -0.39 is 0 Å². The zero-order chi connectivity index (χ0) is 14.0. The Morgan fingerprint density at radius 3 is 2.32 bits per heavy atom. The summed E-state index contributed by atoms with van der Waals surface area (Å²) in [6.07, 6.45) is 0. The van der Waals surface area contributed by atoms with Crippen molar-refractivity contribution in [3.05, 3.63) is 40.9 Å². The van der Waals surface area contributed by atoms with E-state index in [-0.39, 0.29) is 5.75 Å². The van der Waals surface area contributed by atoms with Crippen LogP contribution in [0.25, 0.3) is 11.1 Å². The van der Waals surface area contributed by atoms with Crippen LogP contribution in [0.1, 0.15) is 5.56 Å². The van der Waals surface area contributed by atoms with Gasteiger partial charge in [0.15, 0.2) is 11.5 Å². The molecule has 100 valence electrons. The second-order valence-electron chi connectivity index (χ2n) is 4.19. The van der Waals surface area contributed by atoms with Crippen LogP contribution in [-0.4, -0.2) is 19.3 Å². The van der Waals surface area contributed by atoms with Gasteiger partial charge in [0.05, 0.1) is 14.2 Å². The van der Waals surface area contributed by atoms with Crippen molar-refractivity contribution in [1.82, 2.24) is 0 Å². The van der Waals surface area contributed by atoms with Crippen molar-refractivity contribution in [1.29, 1.82) is 0 Å². The molecular weight excluding hydrogens is 264 g/mol. The zero-order valence-electron chi connectivity index (χ0n) is 11.0. The summed E-state index contributed by atoms with van der Waals surface area (Å²) in [7, 11) is 3.16. The first-order valence-electron chi connectivity index (χ1n) is 5.78. The van der Waals surface area contributed by atoms with Gasteiger partial charge in [-0.2, -0.15) is 0 Å². The smallest absolute Gasteiger partial charge is 0.161 e. The molecule has 0 radical (unpaired) electrons. The van der Waals surface area contributed by atoms with Crippen molar-refractivity contribution in [3.63, 3.8) is 0 Å². The van der Waals surface area contributed by atoms with E-state index in [1.807, 2.05) is 25.1 Å². The number of phenols is 1. The molecule has 2 aromatic carbocycles. The third-order valence-corrected chi connectivity index (χ3v) is 3.38. The average molecular weight is 279 g/mol. The first kappa shape index (κ1) is 13.6. The minimum Gasteiger partial charge on any atom is -0.507 e. The fourth-order valence-corrected chi connectivity index (χ4v) is 2.06. The predicted molar refractivity (Wildman–Crippen MR) is 76.4 cm³/mol. The van der Waals surface area contributed by atoms with Gasteiger partial charge in [-0.25, -0.2) is 0 Å². The largest absolute Gasteiger partial charge is 0.507 e. The van der Waals surface area contributed by atoms with Gasteiger partial charge >= 0.3 is 0 Å². The number of hydrogen-bond donors (Lipinski definition) is 1. The molecule has 2 rings (SSSR count). The number of phenolic OH excluding ortho intramolecular Hbond substituents is 1. The number of hydrogen-bond acceptors (Lipinski definition) is 3. The molecule has 0 saturated carbocycles. The van der Waals surface area contributed by atoms with Crippen LogP contribution in [0, 0.1) is 6.92 Å². The fourth-order valence-electron chi connectivity index (χ4n) is 1.91. The molecule has 3 nitrogen and oxygen atoms in total. The number of methoxy groups -OCH3 is 2. The molecule has 0 aliphatic rings. The van der Waals surface area contributed by atoms with Crippen LogP contribution in [-0.2, 0) is 0 Å². The molecule has 1 N–H and O–H groups in total. The highest BCUT2D eigenvalue weighted by molar-refractivity contribution is 6.31. The number of aryl methyl sites for hydroxylation is 1. The van der Waals surface area contributed by atoms with Gasteiger partial charge in [-0.3, -0.25) is 0 Å². The molecule has 0 bridgehead atoms. The summed E-state index contributed by atoms with van der Waals surface area (Å²) >= 11 is 5.97. The molecule has 0 aliphatic carbocycles. The minimum atomic E-state index is 0.141. The van der Waals surface area contributed by atoms with Gasteiger partial charge < -0.3 is 14.6 Å². The normalized spacial score (nSPS) is 10.3. The van der Waals surface area contributed by atoms with Gasteiger partial charge in [0.2, 0.25) is 0 Å². The van der Waals surface area contributed by atoms with E-state index in [0.717, 1.165) is 11.1 Å². The van der Waals surface area contributed by atoms with Crippen molar-refractivity contribution in [3.8, 4) is 28.4 Å². The molecule has 0 aliphatic heterocycles. The molecule has 0 fully saturated rings. The third kappa shape index (κ3) is 2.61. The summed E-state index contributed by atoms with van der Waals surface area (Å²) in [5, 5.41) is 10.5. The van der Waals surface area contributed by atoms with Gasteiger partial charge in [-0.15, -0.1) is 0 Å². The van der Waals surface area contributed by atoms with E-state index in [2.05, 4.69) is 0 Å². The van der Waals surface area contributed by atoms with Crippen LogP contribution in [0.15, 0.2) is 30.3 Å². The molecule has 0 heterocycles. The monoisotopic (exact) mass is 278 g/mol. The molecule has 4 heteroatoms. The lowest BCUT2D eigenvalue weighted by Crippen LogP contribution is -1.91. The Kier molecular flexibility index (Phi) is 3.86. The maximum atomic E-state index is 10.0. The SMILES string of the molecule is COc1ccc(-c2cc(C)c(Cl)cc2O)cc1OC. The highest BCUT2D eigenvalue weighted by Crippen LogP contribution is 2.38. The second kappa shape index (κ2) is 5.41. The van der Waals surface area contributed by atoms with Crippen LogP contribution in [0.3, 0.4) is 0 Å². The number of ether oxygens (including phenoxy) is 2. The maximum absolute atomic E-state index is 10.0. The number of benzene rings is 2. The van der Waals surface area contributed by atoms with Gasteiger partial charge in [-0.1, -0.05) is 17.7 Å². The lowest BCUT2D eigenvalue weighted by Gasteiger charge is -2.11. The summed E-state index contributed by atoms with van der Waals surface area (Å²) in [4.78, 5) is 0. The van der Waals surface area contributed by atoms with Crippen LogP contribution in [0.5, 0.6) is 17.2 Å². The van der Waals surface area contributed by atoms with Crippen molar-refractivity contribution in [2.45, 2.75) is 6.92 Å². The van der Waals surface area contributed by atoms with Gasteiger partial charge in [0.1, 0.15) is 5.75 Å². The maximum Gasteiger partial charge on any atom is 0.161 e. The molecule has 2 aromatic rings. The third-order valence-electron chi connectivity index (χ3n) is 2.97. The van der Waals surface area contributed by atoms with Crippen LogP contribution in [0.4, 0.5) is 0 Å². The molecule has 0 spiro atoms. The van der Waals surface area contributed by atoms with E-state index >= 15 is 0 Å². The van der Waals surface area contributed by atoms with E-state index in [9.17, 15) is 5.11 Å². The van der Waals surface area contributed by atoms with Crippen molar-refractivity contribution >= 4 is 11.6 Å². The van der Waals surface area contributed by atoms with Crippen molar-refractivity contribution in [2.24, 2.45) is 0 Å². The summed E-state index contributed by atoms with van der Waals surface area (Å²) in [6.45, 7) is 1.89. The number of aromatic hydroxyl groups is 1. The van der Waals surface area contributed by atoms with E-state index in [1.54, 1.807) is 26.4 Å². The molecule has 19 heavy (non-hydrogen) atoms. The summed E-state index contributed by atoms with van der Waals surface area (Å²) in [5.74, 6) is 1.41. The predicted octanol–water partition coefficient (Wildman–Crippen LogP) is 4.04. The Bertz CT molecular complexity index is 609. The van der Waals surface area contributed by atoms with Gasteiger partial charge in [0, 0.05) is 10.6 Å². The van der Waals surface area contributed by atoms with E-state index in [4.69, 9.17) is 21.1 Å². The Morgan fingerprint density at radius 2 is 1.68 bits per heavy atom. The lowest BCUT2D eigenvalue weighted by atomic mass is 10.0. The Balaban J connectivity index is 2.56. The first-order chi connectivity index (χ1) is 9.06. The Hall–Kier alpha value is -1.87. The van der Waals surface area contributed by atoms with Crippen LogP contribution in [0.2, 0.25) is 5.02 Å². The summed E-state index contributed by atoms with van der Waals surface area (Å²) in [5.41, 5.74) is 2.46. The summed E-state index contributed by atoms with van der Waals surface area (Å²) in [6, 6.07) is 8.88. The molecule has 0 amide bonds. The molecular formula is C15H15ClO3. The molecule has 0 atom stereocenters. The van der Waals surface area contributed by atoms with Crippen molar-refractivity contribution in [2.75, 3.05) is 14.2 Å². The highest BCUT2D eigenvalue weighted by Gasteiger charge is 2.11. The van der Waals surface area contributed by atoms with Crippen molar-refractivity contribution < 1.29 is 14.6 Å². The molecule has 0 aromatic heterocycles. The molecule has 0 unspecified atom stereocenters. The topological polar surface area (TPSA) is 38.7 Å². The van der Waals surface area contributed by atoms with Crippen LogP contribution < -0.4 is 9.47 Å². The fraction of sp³-hybridized carbons (Fsp3) is 0.200. The first-order valence-corrected chi connectivity index (χ1v) is 6.16. The minimum absolute atomic E-state index is 0.141. The number of halogens is 1. The van der Waals surface area contributed by atoms with Gasteiger partial charge in [-0.05, 0) is 42.3 Å². The molecule has 0 saturated heterocycles. The van der Waals surface area contributed by atoms with E-state index in [1.165, 1.54) is 0 Å².